The molecule has 0 bridgehead atoms. The lowest BCUT2D eigenvalue weighted by molar-refractivity contribution is 0.826. The van der Waals surface area contributed by atoms with Gasteiger partial charge in [0.2, 0.25) is 0 Å². The second-order valence-electron chi connectivity index (χ2n) is 4.06. The van der Waals surface area contributed by atoms with E-state index < -0.39 is 0 Å². The Morgan fingerprint density at radius 1 is 1.07 bits per heavy atom. The minimum Gasteiger partial charge on any atom is -0.238 e. The molecule has 2 aromatic rings. The first-order valence-electron chi connectivity index (χ1n) is 5.19. The molecule has 0 atom stereocenters. The monoisotopic (exact) mass is 200 g/mol. The number of hydrogen-bond donors (Lipinski definition) is 0. The van der Waals surface area contributed by atoms with Crippen molar-refractivity contribution in [1.29, 1.82) is 0 Å². The van der Waals surface area contributed by atoms with E-state index in [1.165, 1.54) is 22.5 Å². The molecule has 15 heavy (non-hydrogen) atoms. The van der Waals surface area contributed by atoms with Gasteiger partial charge in [-0.2, -0.15) is 5.10 Å². The molecule has 78 valence electrons. The molecule has 0 fully saturated rings. The van der Waals surface area contributed by atoms with Gasteiger partial charge >= 0.3 is 0 Å². The minimum atomic E-state index is 1.06. The molecular weight excluding hydrogens is 184 g/mol. The Balaban J connectivity index is 2.64. The number of aromatic nitrogens is 2. The van der Waals surface area contributed by atoms with Gasteiger partial charge in [0.1, 0.15) is 0 Å². The molecule has 2 rings (SSSR count). The fourth-order valence-electron chi connectivity index (χ4n) is 1.84. The van der Waals surface area contributed by atoms with Crippen molar-refractivity contribution in [2.45, 2.75) is 27.7 Å². The highest BCUT2D eigenvalue weighted by atomic mass is 15.3. The van der Waals surface area contributed by atoms with Crippen molar-refractivity contribution in [2.24, 2.45) is 0 Å². The molecule has 0 N–H and O–H groups in total. The molecule has 1 heterocycles. The highest BCUT2D eigenvalue weighted by Gasteiger charge is 2.06. The molecule has 0 amide bonds. The van der Waals surface area contributed by atoms with Crippen LogP contribution in [0.4, 0.5) is 0 Å². The van der Waals surface area contributed by atoms with Crippen LogP contribution in [0.15, 0.2) is 24.3 Å². The summed E-state index contributed by atoms with van der Waals surface area (Å²) in [5.41, 5.74) is 6.03. The summed E-state index contributed by atoms with van der Waals surface area (Å²) in [6.45, 7) is 8.38. The third kappa shape index (κ3) is 1.67. The molecule has 0 aliphatic rings. The van der Waals surface area contributed by atoms with Crippen LogP contribution in [0.2, 0.25) is 0 Å². The maximum Gasteiger partial charge on any atom is 0.0680 e. The average molecular weight is 200 g/mol. The molecule has 0 saturated carbocycles. The molecule has 1 aromatic heterocycles. The van der Waals surface area contributed by atoms with Gasteiger partial charge < -0.3 is 0 Å². The zero-order valence-electron chi connectivity index (χ0n) is 9.70. The number of benzene rings is 1. The van der Waals surface area contributed by atoms with Gasteiger partial charge in [0, 0.05) is 5.69 Å². The quantitative estimate of drug-likeness (QED) is 0.691. The maximum absolute atomic E-state index is 4.50. The second-order valence-corrected chi connectivity index (χ2v) is 4.06. The van der Waals surface area contributed by atoms with Crippen molar-refractivity contribution >= 4 is 0 Å². The van der Waals surface area contributed by atoms with Crippen LogP contribution in [0.3, 0.4) is 0 Å². The summed E-state index contributed by atoms with van der Waals surface area (Å²) in [5, 5.41) is 4.50. The molecular formula is C13H16N2. The summed E-state index contributed by atoms with van der Waals surface area (Å²) in [6, 6.07) is 8.42. The first kappa shape index (κ1) is 9.97. The third-order valence-corrected chi connectivity index (χ3v) is 2.81. The van der Waals surface area contributed by atoms with Crippen molar-refractivity contribution in [1.82, 2.24) is 9.78 Å². The van der Waals surface area contributed by atoms with Crippen LogP contribution < -0.4 is 0 Å². The Hall–Kier alpha value is -1.57. The summed E-state index contributed by atoms with van der Waals surface area (Å²) in [6.07, 6.45) is 0. The van der Waals surface area contributed by atoms with Gasteiger partial charge in [0.25, 0.3) is 0 Å². The maximum atomic E-state index is 4.50. The van der Waals surface area contributed by atoms with Crippen LogP contribution in [0, 0.1) is 27.7 Å². The number of nitrogens with zero attached hydrogens (tertiary/aromatic N) is 2. The Morgan fingerprint density at radius 3 is 2.40 bits per heavy atom. The fourth-order valence-corrected chi connectivity index (χ4v) is 1.84. The Labute approximate surface area is 90.6 Å². The Kier molecular flexibility index (Phi) is 2.35. The molecule has 0 radical (unpaired) electrons. The van der Waals surface area contributed by atoms with E-state index in [9.17, 15) is 0 Å². The number of aryl methyl sites for hydroxylation is 3. The van der Waals surface area contributed by atoms with Crippen molar-refractivity contribution in [3.05, 3.63) is 46.8 Å². The van der Waals surface area contributed by atoms with E-state index in [-0.39, 0.29) is 0 Å². The van der Waals surface area contributed by atoms with Gasteiger partial charge in [-0.3, -0.25) is 0 Å². The predicted octanol–water partition coefficient (Wildman–Crippen LogP) is 3.11. The van der Waals surface area contributed by atoms with Gasteiger partial charge in [-0.25, -0.2) is 4.68 Å². The van der Waals surface area contributed by atoms with Crippen LogP contribution in [-0.4, -0.2) is 9.78 Å². The largest absolute Gasteiger partial charge is 0.238 e. The van der Waals surface area contributed by atoms with Crippen LogP contribution in [0.5, 0.6) is 0 Å². The summed E-state index contributed by atoms with van der Waals surface area (Å²) in [7, 11) is 0. The zero-order chi connectivity index (χ0) is 11.0. The summed E-state index contributed by atoms with van der Waals surface area (Å²) < 4.78 is 2.01. The van der Waals surface area contributed by atoms with Crippen LogP contribution in [0.1, 0.15) is 22.5 Å². The molecule has 0 aliphatic carbocycles. The fraction of sp³-hybridized carbons (Fsp3) is 0.308. The van der Waals surface area contributed by atoms with Crippen LogP contribution in [-0.2, 0) is 0 Å². The number of hydrogen-bond acceptors (Lipinski definition) is 1. The van der Waals surface area contributed by atoms with E-state index in [1.807, 2.05) is 11.6 Å². The molecule has 1 aromatic carbocycles. The van der Waals surface area contributed by atoms with Crippen molar-refractivity contribution in [3.8, 4) is 5.69 Å². The van der Waals surface area contributed by atoms with Gasteiger partial charge in [-0.05, 0) is 51.0 Å². The van der Waals surface area contributed by atoms with E-state index in [2.05, 4.69) is 50.1 Å². The lowest BCUT2D eigenvalue weighted by Gasteiger charge is -2.09. The normalized spacial score (nSPS) is 10.7. The molecule has 0 aliphatic heterocycles. The Morgan fingerprint density at radius 2 is 1.80 bits per heavy atom. The van der Waals surface area contributed by atoms with E-state index >= 15 is 0 Å². The third-order valence-electron chi connectivity index (χ3n) is 2.81. The molecule has 0 spiro atoms. The first-order valence-corrected chi connectivity index (χ1v) is 5.19. The zero-order valence-corrected chi connectivity index (χ0v) is 9.70. The summed E-state index contributed by atoms with van der Waals surface area (Å²) >= 11 is 0. The summed E-state index contributed by atoms with van der Waals surface area (Å²) in [5.74, 6) is 0. The van der Waals surface area contributed by atoms with Crippen LogP contribution >= 0.6 is 0 Å². The SMILES string of the molecule is Cc1cc(C)n(-c2cccc(C)c2C)n1. The lowest BCUT2D eigenvalue weighted by atomic mass is 10.1. The van der Waals surface area contributed by atoms with Crippen molar-refractivity contribution in [3.63, 3.8) is 0 Å². The standard InChI is InChI=1S/C13H16N2/c1-9-6-5-7-13(12(9)4)15-11(3)8-10(2)14-15/h5-8H,1-4H3. The number of rotatable bonds is 1. The van der Waals surface area contributed by atoms with Crippen LogP contribution in [0.25, 0.3) is 5.69 Å². The average Bonchev–Trinajstić information content (AvgIpc) is 2.50. The van der Waals surface area contributed by atoms with Crippen molar-refractivity contribution in [2.75, 3.05) is 0 Å². The molecule has 2 heteroatoms. The topological polar surface area (TPSA) is 17.8 Å². The van der Waals surface area contributed by atoms with Gasteiger partial charge in [0.05, 0.1) is 11.4 Å². The molecule has 0 unspecified atom stereocenters. The predicted molar refractivity (Wildman–Crippen MR) is 62.5 cm³/mol. The highest BCUT2D eigenvalue weighted by molar-refractivity contribution is 5.45. The van der Waals surface area contributed by atoms with E-state index in [4.69, 9.17) is 0 Å². The summed E-state index contributed by atoms with van der Waals surface area (Å²) in [4.78, 5) is 0. The smallest absolute Gasteiger partial charge is 0.0680 e. The first-order chi connectivity index (χ1) is 7.09. The van der Waals surface area contributed by atoms with Crippen molar-refractivity contribution < 1.29 is 0 Å². The van der Waals surface area contributed by atoms with Gasteiger partial charge in [-0.1, -0.05) is 12.1 Å². The lowest BCUT2D eigenvalue weighted by Crippen LogP contribution is -2.02. The van der Waals surface area contributed by atoms with Gasteiger partial charge in [-0.15, -0.1) is 0 Å². The highest BCUT2D eigenvalue weighted by Crippen LogP contribution is 2.18. The Bertz CT molecular complexity index is 495. The minimum absolute atomic E-state index is 1.06. The molecule has 0 saturated heterocycles. The molecule has 2 nitrogen and oxygen atoms in total. The second kappa shape index (κ2) is 3.54. The van der Waals surface area contributed by atoms with E-state index in [1.54, 1.807) is 0 Å². The van der Waals surface area contributed by atoms with Gasteiger partial charge in [0.15, 0.2) is 0 Å². The van der Waals surface area contributed by atoms with E-state index in [0.717, 1.165) is 5.69 Å². The van der Waals surface area contributed by atoms with E-state index in [0.29, 0.717) is 0 Å².